The third kappa shape index (κ3) is 26.8. The average molecular weight is 1400 g/mol. The third-order valence-corrected chi connectivity index (χ3v) is 17.8. The van der Waals surface area contributed by atoms with Crippen LogP contribution in [-0.4, -0.2) is 227 Å². The van der Waals surface area contributed by atoms with Crippen molar-refractivity contribution in [3.05, 3.63) is 0 Å². The molecule has 0 aliphatic carbocycles. The zero-order valence-corrected chi connectivity index (χ0v) is 55.9. The molecule has 3 heterocycles. The maximum atomic E-state index is 14.5. The monoisotopic (exact) mass is 1400 g/mol. The van der Waals surface area contributed by atoms with Crippen LogP contribution in [0.3, 0.4) is 0 Å². The lowest BCUT2D eigenvalue weighted by atomic mass is 9.78. The van der Waals surface area contributed by atoms with Crippen molar-refractivity contribution in [3.63, 3.8) is 0 Å². The summed E-state index contributed by atoms with van der Waals surface area (Å²) in [6.07, 6.45) is -16.4. The van der Waals surface area contributed by atoms with Gasteiger partial charge in [-0.1, -0.05) is 27.7 Å². The molecule has 3 aliphatic rings. The van der Waals surface area contributed by atoms with Gasteiger partial charge in [0.15, 0.2) is 12.6 Å². The quantitative estimate of drug-likeness (QED) is 0.0399. The second kappa shape index (κ2) is 40.9. The van der Waals surface area contributed by atoms with E-state index < -0.39 is 287 Å². The molecule has 0 aromatic heterocycles. The summed E-state index contributed by atoms with van der Waals surface area (Å²) in [6, 6.07) is -2.67. The summed E-state index contributed by atoms with van der Waals surface area (Å²) < 4.78 is 22.6. The van der Waals surface area contributed by atoms with Crippen LogP contribution in [0, 0.1) is 71.0 Å². The number of carbonyl (C=O) groups excluding carboxylic acids is 14. The fourth-order valence-electron chi connectivity index (χ4n) is 12.1. The number of carbonyl (C=O) groups is 14. The minimum absolute atomic E-state index is 0.264. The highest BCUT2D eigenvalue weighted by molar-refractivity contribution is 5.88. The van der Waals surface area contributed by atoms with E-state index in [9.17, 15) is 97.8 Å². The van der Waals surface area contributed by atoms with Gasteiger partial charge >= 0.3 is 0 Å². The first kappa shape index (κ1) is 84.4. The minimum Gasteiger partial charge on any atom is -0.394 e. The van der Waals surface area contributed by atoms with Gasteiger partial charge < -0.3 is 127 Å². The first-order valence-corrected chi connectivity index (χ1v) is 32.4. The van der Waals surface area contributed by atoms with Crippen LogP contribution < -0.4 is 76.9 Å². The molecule has 3 fully saturated rings. The topological polar surface area (TPSA) is 650 Å². The van der Waals surface area contributed by atoms with Gasteiger partial charge in [0.2, 0.25) is 82.7 Å². The summed E-state index contributed by atoms with van der Waals surface area (Å²) in [6.45, 7) is 3.73. The number of aliphatic hydroxyl groups is 6. The van der Waals surface area contributed by atoms with E-state index in [1.54, 1.807) is 0 Å². The molecule has 3 rings (SSSR count). The smallest absolute Gasteiger partial charge is 0.224 e. The minimum atomic E-state index is -1.68. The molecular formula is C60H102N14O24. The van der Waals surface area contributed by atoms with Crippen LogP contribution in [0.2, 0.25) is 0 Å². The average Bonchev–Trinajstić information content (AvgIpc) is 0.817. The third-order valence-electron chi connectivity index (χ3n) is 17.8. The molecule has 556 valence electrons. The number of hydrogen-bond acceptors (Lipinski definition) is 24. The van der Waals surface area contributed by atoms with E-state index in [-0.39, 0.29) is 45.4 Å². The van der Waals surface area contributed by atoms with Gasteiger partial charge in [0.05, 0.1) is 39.8 Å². The Morgan fingerprint density at radius 3 is 1.15 bits per heavy atom. The summed E-state index contributed by atoms with van der Waals surface area (Å²) in [5, 5.41) is 81.8. The molecule has 3 aliphatic heterocycles. The van der Waals surface area contributed by atoms with E-state index in [1.165, 1.54) is 27.7 Å². The Balaban J connectivity index is 2.08. The molecule has 12 unspecified atom stereocenters. The van der Waals surface area contributed by atoms with Crippen molar-refractivity contribution in [2.24, 2.45) is 105 Å². The SMILES string of the molecule is CC(=O)N[C@H]1[C@H](OCCNC(=O)C(C)CC2CC(C(N)=O)CC(C(N)=O)CC(C(N)=O)CC(C)C(=O)NCNC(=O)C(C)CC(C(N)=O)CC(C(=O)NCCO[C@@H]3O[C@H](CO)[C@@H](O)[C@H](O)[C@H]3NC(C)=O)CC(C(N)=O)CC(CC(C)C(N)=O)C(=O)NCNC2=O)O[C@H](CO)[C@@H](O)[C@@H]1O. The Kier molecular flexibility index (Phi) is 35.2. The standard InChI is InChI=1S/C60H102N14O24/c1-25(47(61)83)11-36-19-35(52(66)88)20-38(56(92)68-8-10-96-60-42(74-30(6)78)46(82)44(80)40(22-76)98-60)17-32(49(63)85)13-27(3)55(91)70-23-69-54(90)26(2)12-31(48(62)84)15-33(50(64)86)16-34(51(65)87)18-37(58(94)72-24-71-57(36)93)14-28(4)53(89)67-7-9-95-59-41(73-29(5)77)45(81)43(79)39(21-75)97-59/h25-28,31-46,59-60,75-76,79-82H,7-24H2,1-6H3,(H2,61,83)(H2,62,84)(H2,63,85)(H2,64,86)(H2,65,87)(H2,66,88)(H,67,89)(H,68,92)(H,69,90)(H,70,91)(H,71,93)(H,72,94)(H,73,77)(H,74,78)/t25?,26?,27?,28?,31?,32?,33?,34?,35?,36?,37?,38?,39-,40-,41-,42-,43-,44-,45-,46-,59-,60-/m1/s1. The number of nitrogens with one attached hydrogen (secondary N) is 8. The van der Waals surface area contributed by atoms with Gasteiger partial charge in [-0.15, -0.1) is 0 Å². The summed E-state index contributed by atoms with van der Waals surface area (Å²) >= 11 is 0. The molecule has 38 nitrogen and oxygen atoms in total. The summed E-state index contributed by atoms with van der Waals surface area (Å²) in [5.74, 6) is -27.3. The maximum Gasteiger partial charge on any atom is 0.224 e. The highest BCUT2D eigenvalue weighted by Crippen LogP contribution is 2.33. The van der Waals surface area contributed by atoms with Crippen molar-refractivity contribution in [2.75, 3.05) is 52.9 Å². The zero-order valence-electron chi connectivity index (χ0n) is 55.9. The first-order valence-electron chi connectivity index (χ1n) is 32.4. The van der Waals surface area contributed by atoms with Gasteiger partial charge in [-0.2, -0.15) is 0 Å². The fraction of sp³-hybridized carbons (Fsp3) is 0.767. The molecule has 0 aromatic rings. The number of nitrogens with two attached hydrogens (primary N) is 6. The van der Waals surface area contributed by atoms with Crippen LogP contribution in [0.15, 0.2) is 0 Å². The molecule has 0 spiro atoms. The molecule has 0 bridgehead atoms. The molecule has 38 heteroatoms. The molecule has 14 amide bonds. The van der Waals surface area contributed by atoms with Gasteiger partial charge in [-0.3, -0.25) is 67.1 Å². The number of hydrogen-bond donors (Lipinski definition) is 20. The van der Waals surface area contributed by atoms with Gasteiger partial charge in [0, 0.05) is 98.0 Å². The zero-order chi connectivity index (χ0) is 74.0. The fourth-order valence-corrected chi connectivity index (χ4v) is 12.1. The van der Waals surface area contributed by atoms with Gasteiger partial charge in [0.25, 0.3) is 0 Å². The Hall–Kier alpha value is -7.82. The molecule has 98 heavy (non-hydrogen) atoms. The van der Waals surface area contributed by atoms with E-state index >= 15 is 0 Å². The Bertz CT molecular complexity index is 2770. The van der Waals surface area contributed by atoms with Gasteiger partial charge in [-0.05, 0) is 64.2 Å². The Morgan fingerprint density at radius 1 is 0.480 bits per heavy atom. The van der Waals surface area contributed by atoms with Crippen LogP contribution >= 0.6 is 0 Å². The molecule has 3 saturated heterocycles. The molecule has 22 atom stereocenters. The van der Waals surface area contributed by atoms with Crippen LogP contribution in [-0.2, 0) is 86.1 Å². The van der Waals surface area contributed by atoms with Crippen LogP contribution in [0.4, 0.5) is 0 Å². The summed E-state index contributed by atoms with van der Waals surface area (Å²) in [7, 11) is 0. The predicted molar refractivity (Wildman–Crippen MR) is 337 cm³/mol. The number of amides is 14. The van der Waals surface area contributed by atoms with Gasteiger partial charge in [-0.25, -0.2) is 0 Å². The normalized spacial score (nSPS) is 32.4. The van der Waals surface area contributed by atoms with Crippen LogP contribution in [0.5, 0.6) is 0 Å². The lowest BCUT2D eigenvalue weighted by Crippen LogP contribution is -2.64. The van der Waals surface area contributed by atoms with E-state index in [4.69, 9.17) is 53.3 Å². The van der Waals surface area contributed by atoms with Crippen molar-refractivity contribution in [1.82, 2.24) is 42.5 Å². The molecule has 0 aromatic carbocycles. The first-order chi connectivity index (χ1) is 45.9. The van der Waals surface area contributed by atoms with Gasteiger partial charge in [0.1, 0.15) is 48.7 Å². The van der Waals surface area contributed by atoms with E-state index in [0.717, 1.165) is 13.8 Å². The molecule has 26 N–H and O–H groups in total. The van der Waals surface area contributed by atoms with Crippen LogP contribution in [0.25, 0.3) is 0 Å². The van der Waals surface area contributed by atoms with E-state index in [1.807, 2.05) is 0 Å². The second-order valence-corrected chi connectivity index (χ2v) is 25.7. The summed E-state index contributed by atoms with van der Waals surface area (Å²) in [5.41, 5.74) is 35.1. The Morgan fingerprint density at radius 2 is 0.806 bits per heavy atom. The number of rotatable bonds is 24. The lowest BCUT2D eigenvalue weighted by Gasteiger charge is -2.42. The number of ether oxygens (including phenoxy) is 4. The van der Waals surface area contributed by atoms with E-state index in [0.29, 0.717) is 0 Å². The van der Waals surface area contributed by atoms with Crippen molar-refractivity contribution < 1.29 is 117 Å². The molecular weight excluding hydrogens is 1300 g/mol. The van der Waals surface area contributed by atoms with Crippen molar-refractivity contribution in [1.29, 1.82) is 0 Å². The predicted octanol–water partition coefficient (Wildman–Crippen LogP) is -9.18. The van der Waals surface area contributed by atoms with Crippen molar-refractivity contribution in [3.8, 4) is 0 Å². The second-order valence-electron chi connectivity index (χ2n) is 25.7. The largest absolute Gasteiger partial charge is 0.394 e. The lowest BCUT2D eigenvalue weighted by molar-refractivity contribution is -0.269. The van der Waals surface area contributed by atoms with Crippen molar-refractivity contribution in [2.45, 2.75) is 167 Å². The summed E-state index contributed by atoms with van der Waals surface area (Å²) in [4.78, 5) is 187. The Labute approximate surface area is 565 Å². The van der Waals surface area contributed by atoms with E-state index in [2.05, 4.69) is 42.5 Å². The maximum absolute atomic E-state index is 14.5. The number of primary amides is 6. The highest BCUT2D eigenvalue weighted by atomic mass is 16.7. The molecule has 0 saturated carbocycles. The van der Waals surface area contributed by atoms with Crippen LogP contribution in [0.1, 0.15) is 106 Å². The van der Waals surface area contributed by atoms with Crippen molar-refractivity contribution >= 4 is 82.7 Å². The molecule has 0 radical (unpaired) electrons. The highest BCUT2D eigenvalue weighted by Gasteiger charge is 2.47. The number of aliphatic hydroxyl groups excluding tert-OH is 6.